The maximum atomic E-state index is 12.4. The summed E-state index contributed by atoms with van der Waals surface area (Å²) in [5.74, 6) is -0.309. The lowest BCUT2D eigenvalue weighted by Gasteiger charge is -2.19. The van der Waals surface area contributed by atoms with Crippen LogP contribution in [0.1, 0.15) is 34.8 Å². The van der Waals surface area contributed by atoms with Crippen molar-refractivity contribution < 1.29 is 9.53 Å². The topological polar surface area (TPSA) is 45.3 Å². The molecule has 1 saturated heterocycles. The number of benzene rings is 2. The maximum absolute atomic E-state index is 12.4. The van der Waals surface area contributed by atoms with Crippen LogP contribution >= 0.6 is 0 Å². The van der Waals surface area contributed by atoms with E-state index >= 15 is 0 Å². The van der Waals surface area contributed by atoms with Crippen molar-refractivity contribution in [1.82, 2.24) is 9.88 Å². The van der Waals surface area contributed by atoms with Crippen molar-refractivity contribution in [3.8, 4) is 11.1 Å². The second-order valence-corrected chi connectivity index (χ2v) is 6.69. The lowest BCUT2D eigenvalue weighted by Crippen LogP contribution is -2.17. The first-order valence-electron chi connectivity index (χ1n) is 8.68. The number of hydrogen-bond donors (Lipinski definition) is 1. The Morgan fingerprint density at radius 3 is 2.68 bits per heavy atom. The van der Waals surface area contributed by atoms with Crippen molar-refractivity contribution in [3.63, 3.8) is 0 Å². The van der Waals surface area contributed by atoms with E-state index in [1.165, 1.54) is 19.1 Å². The minimum absolute atomic E-state index is 0.309. The number of fused-ring (bicyclic) bond motifs is 1. The third-order valence-corrected chi connectivity index (χ3v) is 5.21. The van der Waals surface area contributed by atoms with Crippen molar-refractivity contribution in [2.45, 2.75) is 18.9 Å². The summed E-state index contributed by atoms with van der Waals surface area (Å²) in [4.78, 5) is 18.1. The third kappa shape index (κ3) is 2.72. The highest BCUT2D eigenvalue weighted by atomic mass is 16.5. The summed E-state index contributed by atoms with van der Waals surface area (Å²) >= 11 is 0. The van der Waals surface area contributed by atoms with Crippen LogP contribution in [0.15, 0.2) is 48.7 Å². The summed E-state index contributed by atoms with van der Waals surface area (Å²) in [6.45, 7) is 1.11. The molecule has 0 saturated carbocycles. The van der Waals surface area contributed by atoms with Crippen molar-refractivity contribution in [1.29, 1.82) is 0 Å². The van der Waals surface area contributed by atoms with Gasteiger partial charge in [-0.15, -0.1) is 0 Å². The number of rotatable bonds is 3. The maximum Gasteiger partial charge on any atom is 0.340 e. The lowest BCUT2D eigenvalue weighted by molar-refractivity contribution is 0.0603. The van der Waals surface area contributed by atoms with Crippen LogP contribution in [0.2, 0.25) is 0 Å². The van der Waals surface area contributed by atoms with Crippen LogP contribution in [0.3, 0.4) is 0 Å². The predicted octanol–water partition coefficient (Wildman–Crippen LogP) is 4.39. The molecule has 1 unspecified atom stereocenters. The largest absolute Gasteiger partial charge is 0.465 e. The molecule has 1 aromatic heterocycles. The van der Waals surface area contributed by atoms with Crippen LogP contribution in [0, 0.1) is 0 Å². The second kappa shape index (κ2) is 6.37. The predicted molar refractivity (Wildman–Crippen MR) is 99.7 cm³/mol. The number of methoxy groups -OCH3 is 1. The molecule has 0 amide bonds. The number of H-pyrrole nitrogens is 1. The summed E-state index contributed by atoms with van der Waals surface area (Å²) in [5, 5.41) is 1.11. The molecule has 3 aromatic rings. The molecule has 1 aliphatic heterocycles. The Balaban J connectivity index is 1.94. The molecule has 4 heteroatoms. The summed E-state index contributed by atoms with van der Waals surface area (Å²) in [5.41, 5.74) is 4.85. The molecule has 1 fully saturated rings. The standard InChI is InChI=1S/C21H22N2O2/c1-23-10-6-9-19(23)18-13-22-20-16(18)11-15(12-17(20)21(24)25-2)14-7-4-3-5-8-14/h3-5,7-8,11-13,19,22H,6,9-10H2,1-2H3. The molecule has 1 atom stereocenters. The summed E-state index contributed by atoms with van der Waals surface area (Å²) in [6, 6.07) is 14.7. The Kier molecular flexibility index (Phi) is 4.06. The van der Waals surface area contributed by atoms with Gasteiger partial charge in [-0.05, 0) is 55.3 Å². The van der Waals surface area contributed by atoms with Gasteiger partial charge < -0.3 is 9.72 Å². The fourth-order valence-electron chi connectivity index (χ4n) is 3.90. The average Bonchev–Trinajstić information content (AvgIpc) is 3.26. The average molecular weight is 334 g/mol. The number of hydrogen-bond acceptors (Lipinski definition) is 3. The molecule has 1 aliphatic rings. The number of nitrogens with zero attached hydrogens (tertiary/aromatic N) is 1. The fraction of sp³-hybridized carbons (Fsp3) is 0.286. The highest BCUT2D eigenvalue weighted by Crippen LogP contribution is 2.37. The quantitative estimate of drug-likeness (QED) is 0.723. The Labute approximate surface area is 147 Å². The second-order valence-electron chi connectivity index (χ2n) is 6.69. The van der Waals surface area contributed by atoms with E-state index in [1.807, 2.05) is 24.3 Å². The molecule has 2 heterocycles. The van der Waals surface area contributed by atoms with Gasteiger partial charge in [0.15, 0.2) is 0 Å². The van der Waals surface area contributed by atoms with E-state index in [-0.39, 0.29) is 5.97 Å². The summed E-state index contributed by atoms with van der Waals surface area (Å²) < 4.78 is 5.02. The molecule has 1 N–H and O–H groups in total. The Bertz CT molecular complexity index is 914. The number of likely N-dealkylation sites (tertiary alicyclic amines) is 1. The molecular formula is C21H22N2O2. The minimum Gasteiger partial charge on any atom is -0.465 e. The smallest absolute Gasteiger partial charge is 0.340 e. The molecule has 0 spiro atoms. The molecule has 2 aromatic carbocycles. The van der Waals surface area contributed by atoms with Crippen LogP contribution in [0.5, 0.6) is 0 Å². The number of carbonyl (C=O) groups is 1. The molecule has 4 nitrogen and oxygen atoms in total. The van der Waals surface area contributed by atoms with E-state index in [4.69, 9.17) is 4.74 Å². The first-order valence-corrected chi connectivity index (χ1v) is 8.68. The van der Waals surface area contributed by atoms with Gasteiger partial charge >= 0.3 is 5.97 Å². The van der Waals surface area contributed by atoms with Gasteiger partial charge in [-0.25, -0.2) is 4.79 Å². The van der Waals surface area contributed by atoms with E-state index in [2.05, 4.69) is 41.3 Å². The van der Waals surface area contributed by atoms with Gasteiger partial charge in [0.25, 0.3) is 0 Å². The fourth-order valence-corrected chi connectivity index (χ4v) is 3.90. The van der Waals surface area contributed by atoms with Gasteiger partial charge in [-0.2, -0.15) is 0 Å². The van der Waals surface area contributed by atoms with Crippen LogP contribution < -0.4 is 0 Å². The molecule has 0 aliphatic carbocycles. The Hall–Kier alpha value is -2.59. The minimum atomic E-state index is -0.309. The molecule has 0 bridgehead atoms. The first-order chi connectivity index (χ1) is 12.2. The lowest BCUT2D eigenvalue weighted by atomic mass is 9.96. The van der Waals surface area contributed by atoms with Crippen LogP contribution in [-0.2, 0) is 4.74 Å². The van der Waals surface area contributed by atoms with Crippen LogP contribution in [-0.4, -0.2) is 36.6 Å². The third-order valence-electron chi connectivity index (χ3n) is 5.21. The van der Waals surface area contributed by atoms with E-state index in [0.29, 0.717) is 11.6 Å². The molecular weight excluding hydrogens is 312 g/mol. The molecule has 0 radical (unpaired) electrons. The van der Waals surface area contributed by atoms with Crippen molar-refractivity contribution >= 4 is 16.9 Å². The number of nitrogens with one attached hydrogen (secondary N) is 1. The van der Waals surface area contributed by atoms with E-state index in [0.717, 1.165) is 35.0 Å². The highest BCUT2D eigenvalue weighted by Gasteiger charge is 2.26. The monoisotopic (exact) mass is 334 g/mol. The van der Waals surface area contributed by atoms with Crippen molar-refractivity contribution in [2.75, 3.05) is 20.7 Å². The normalized spacial score (nSPS) is 17.9. The zero-order valence-corrected chi connectivity index (χ0v) is 14.6. The van der Waals surface area contributed by atoms with Crippen LogP contribution in [0.25, 0.3) is 22.0 Å². The zero-order chi connectivity index (χ0) is 17.4. The Morgan fingerprint density at radius 2 is 2.00 bits per heavy atom. The molecule has 4 rings (SSSR count). The van der Waals surface area contributed by atoms with Crippen molar-refractivity contribution in [2.24, 2.45) is 0 Å². The highest BCUT2D eigenvalue weighted by molar-refractivity contribution is 6.06. The SMILES string of the molecule is COC(=O)c1cc(-c2ccccc2)cc2c(C3CCCN3C)c[nH]c12. The van der Waals surface area contributed by atoms with Gasteiger partial charge in [0.1, 0.15) is 0 Å². The van der Waals surface area contributed by atoms with Gasteiger partial charge in [0, 0.05) is 17.6 Å². The molecule has 25 heavy (non-hydrogen) atoms. The number of aromatic nitrogens is 1. The number of esters is 1. The van der Waals surface area contributed by atoms with Crippen LogP contribution in [0.4, 0.5) is 0 Å². The summed E-state index contributed by atoms with van der Waals surface area (Å²) in [7, 11) is 3.59. The number of carbonyl (C=O) groups excluding carboxylic acids is 1. The van der Waals surface area contributed by atoms with Gasteiger partial charge in [0.2, 0.25) is 0 Å². The molecule has 128 valence electrons. The van der Waals surface area contributed by atoms with Gasteiger partial charge in [-0.1, -0.05) is 30.3 Å². The Morgan fingerprint density at radius 1 is 1.20 bits per heavy atom. The van der Waals surface area contributed by atoms with Gasteiger partial charge in [-0.3, -0.25) is 4.90 Å². The first kappa shape index (κ1) is 15.9. The van der Waals surface area contributed by atoms with Gasteiger partial charge in [0.05, 0.1) is 18.2 Å². The van der Waals surface area contributed by atoms with E-state index in [1.54, 1.807) is 0 Å². The summed E-state index contributed by atoms with van der Waals surface area (Å²) in [6.07, 6.45) is 4.40. The van der Waals surface area contributed by atoms with Crippen molar-refractivity contribution in [3.05, 3.63) is 59.8 Å². The number of ether oxygens (including phenoxy) is 1. The zero-order valence-electron chi connectivity index (χ0n) is 14.6. The number of aromatic amines is 1. The van der Waals surface area contributed by atoms with E-state index in [9.17, 15) is 4.79 Å². The van der Waals surface area contributed by atoms with E-state index < -0.39 is 0 Å².